The molecule has 1 aliphatic heterocycles. The summed E-state index contributed by atoms with van der Waals surface area (Å²) in [5, 5.41) is 20.1. The Morgan fingerprint density at radius 1 is 1.00 bits per heavy atom. The first-order valence-electron chi connectivity index (χ1n) is 15.6. The lowest BCUT2D eigenvalue weighted by molar-refractivity contribution is -0.115. The number of fused-ring (bicyclic) bond motifs is 1. The Hall–Kier alpha value is -4.90. The Morgan fingerprint density at radius 3 is 2.41 bits per heavy atom. The minimum absolute atomic E-state index is 0.0838. The first kappa shape index (κ1) is 32.5. The number of nitrogens with one attached hydrogen (secondary N) is 5. The molecule has 3 aromatic rings. The molecule has 2 heterocycles. The van der Waals surface area contributed by atoms with E-state index in [1.54, 1.807) is 31.2 Å². The molecule has 0 radical (unpaired) electrons. The summed E-state index contributed by atoms with van der Waals surface area (Å²) in [6.45, 7) is 9.11. The predicted octanol–water partition coefficient (Wildman–Crippen LogP) is 5.97. The normalized spacial score (nSPS) is 18.6. The third kappa shape index (κ3) is 6.99. The van der Waals surface area contributed by atoms with E-state index in [1.165, 1.54) is 0 Å². The lowest BCUT2D eigenvalue weighted by Crippen LogP contribution is -2.56. The predicted molar refractivity (Wildman–Crippen MR) is 182 cm³/mol. The van der Waals surface area contributed by atoms with Crippen molar-refractivity contribution in [3.63, 3.8) is 0 Å². The smallest absolute Gasteiger partial charge is 0.318 e. The van der Waals surface area contributed by atoms with Gasteiger partial charge in [0.25, 0.3) is 5.91 Å². The standard InChI is InChI=1S/C35H44N8O3/c1-7-29(44)36-24-16-14-23(15-17-24)32(45)38-26-13-11-12-25(20-26)37-31-27-21-43(34(2,3)30(27)40-41-31)33(46)39-28(22-42(5)6)35(4)18-9-8-10-19-35/h8-18,20,28H,7,19,21-22H2,1-6H3,(H,36,44)(H,38,45)(H,39,46)(H2,37,40,41)/t28-,35?/m1/s1. The number of carbonyl (C=O) groups excluding carboxylic acids is 3. The number of rotatable bonds is 10. The fourth-order valence-corrected chi connectivity index (χ4v) is 5.93. The molecule has 11 heteroatoms. The van der Waals surface area contributed by atoms with Gasteiger partial charge in [-0.2, -0.15) is 5.10 Å². The summed E-state index contributed by atoms with van der Waals surface area (Å²) in [5.74, 6) is 0.274. The average Bonchev–Trinajstić information content (AvgIpc) is 3.54. The molecule has 0 bridgehead atoms. The highest BCUT2D eigenvalue weighted by Gasteiger charge is 2.45. The molecule has 0 saturated carbocycles. The fraction of sp³-hybridized carbons (Fsp3) is 0.371. The second-order valence-electron chi connectivity index (χ2n) is 13.0. The van der Waals surface area contributed by atoms with Crippen LogP contribution in [-0.4, -0.2) is 64.5 Å². The quantitative estimate of drug-likeness (QED) is 0.189. The zero-order valence-corrected chi connectivity index (χ0v) is 27.4. The highest BCUT2D eigenvalue weighted by Crippen LogP contribution is 2.41. The van der Waals surface area contributed by atoms with Crippen molar-refractivity contribution in [1.82, 2.24) is 25.3 Å². The van der Waals surface area contributed by atoms with Crippen molar-refractivity contribution in [2.45, 2.75) is 58.7 Å². The van der Waals surface area contributed by atoms with E-state index in [2.05, 4.69) is 61.5 Å². The number of hydrogen-bond donors (Lipinski definition) is 5. The molecule has 5 rings (SSSR count). The highest BCUT2D eigenvalue weighted by atomic mass is 16.2. The topological polar surface area (TPSA) is 134 Å². The van der Waals surface area contributed by atoms with Crippen molar-refractivity contribution < 1.29 is 14.4 Å². The van der Waals surface area contributed by atoms with Crippen LogP contribution in [0, 0.1) is 5.41 Å². The van der Waals surface area contributed by atoms with Gasteiger partial charge in [0, 0.05) is 46.6 Å². The Labute approximate surface area is 270 Å². The van der Waals surface area contributed by atoms with E-state index >= 15 is 0 Å². The summed E-state index contributed by atoms with van der Waals surface area (Å²) in [6.07, 6.45) is 9.68. The molecular formula is C35H44N8O3. The lowest BCUT2D eigenvalue weighted by Gasteiger charge is -2.40. The van der Waals surface area contributed by atoms with Crippen LogP contribution in [0.4, 0.5) is 27.7 Å². The van der Waals surface area contributed by atoms with Crippen molar-refractivity contribution in [3.05, 3.63) is 89.7 Å². The number of anilines is 4. The van der Waals surface area contributed by atoms with Gasteiger partial charge in [-0.1, -0.05) is 44.2 Å². The molecule has 1 aliphatic carbocycles. The van der Waals surface area contributed by atoms with Gasteiger partial charge in [-0.05, 0) is 76.8 Å². The van der Waals surface area contributed by atoms with Gasteiger partial charge in [0.05, 0.1) is 23.8 Å². The fourth-order valence-electron chi connectivity index (χ4n) is 5.93. The van der Waals surface area contributed by atoms with Crippen LogP contribution in [0.15, 0.2) is 72.8 Å². The van der Waals surface area contributed by atoms with Gasteiger partial charge >= 0.3 is 6.03 Å². The molecule has 46 heavy (non-hydrogen) atoms. The third-order valence-electron chi connectivity index (χ3n) is 8.77. The number of allylic oxidation sites excluding steroid dienone is 3. The maximum atomic E-state index is 13.9. The summed E-state index contributed by atoms with van der Waals surface area (Å²) in [4.78, 5) is 42.4. The number of likely N-dealkylation sites (N-methyl/N-ethyl adjacent to an activating group) is 1. The van der Waals surface area contributed by atoms with E-state index in [0.29, 0.717) is 42.3 Å². The van der Waals surface area contributed by atoms with Gasteiger partial charge in [0.1, 0.15) is 0 Å². The first-order chi connectivity index (χ1) is 21.9. The number of aromatic amines is 1. The summed E-state index contributed by atoms with van der Waals surface area (Å²) in [7, 11) is 4.04. The lowest BCUT2D eigenvalue weighted by atomic mass is 9.76. The van der Waals surface area contributed by atoms with Gasteiger partial charge < -0.3 is 31.1 Å². The van der Waals surface area contributed by atoms with E-state index < -0.39 is 5.54 Å². The number of H-pyrrole nitrogens is 1. The van der Waals surface area contributed by atoms with Crippen molar-refractivity contribution in [2.24, 2.45) is 5.41 Å². The summed E-state index contributed by atoms with van der Waals surface area (Å²) in [6, 6.07) is 13.9. The van der Waals surface area contributed by atoms with Gasteiger partial charge in [-0.3, -0.25) is 14.7 Å². The number of aromatic nitrogens is 2. The molecule has 1 aromatic heterocycles. The van der Waals surface area contributed by atoms with Crippen LogP contribution in [0.25, 0.3) is 0 Å². The number of hydrogen-bond acceptors (Lipinski definition) is 6. The molecule has 1 unspecified atom stereocenters. The molecule has 11 nitrogen and oxygen atoms in total. The van der Waals surface area contributed by atoms with Crippen LogP contribution in [-0.2, 0) is 16.9 Å². The van der Waals surface area contributed by atoms with Crippen LogP contribution in [0.3, 0.4) is 0 Å². The van der Waals surface area contributed by atoms with E-state index in [0.717, 1.165) is 23.4 Å². The second kappa shape index (κ2) is 13.2. The molecule has 0 spiro atoms. The third-order valence-corrected chi connectivity index (χ3v) is 8.77. The van der Waals surface area contributed by atoms with Crippen molar-refractivity contribution >= 4 is 40.7 Å². The summed E-state index contributed by atoms with van der Waals surface area (Å²) in [5.41, 5.74) is 3.45. The number of urea groups is 1. The Kier molecular flexibility index (Phi) is 9.34. The largest absolute Gasteiger partial charge is 0.338 e. The maximum Gasteiger partial charge on any atom is 0.318 e. The van der Waals surface area contributed by atoms with E-state index in [-0.39, 0.29) is 29.3 Å². The molecule has 2 atom stereocenters. The number of amides is 4. The molecule has 2 aromatic carbocycles. The highest BCUT2D eigenvalue weighted by molar-refractivity contribution is 6.05. The van der Waals surface area contributed by atoms with Gasteiger partial charge in [-0.15, -0.1) is 0 Å². The van der Waals surface area contributed by atoms with E-state index in [1.807, 2.05) is 63.2 Å². The zero-order valence-electron chi connectivity index (χ0n) is 27.4. The summed E-state index contributed by atoms with van der Waals surface area (Å²) >= 11 is 0. The van der Waals surface area contributed by atoms with Crippen LogP contribution >= 0.6 is 0 Å². The Bertz CT molecular complexity index is 1660. The molecule has 5 N–H and O–H groups in total. The molecule has 0 saturated heterocycles. The van der Waals surface area contributed by atoms with Crippen molar-refractivity contribution in [1.29, 1.82) is 0 Å². The first-order valence-corrected chi connectivity index (χ1v) is 15.6. The second-order valence-corrected chi connectivity index (χ2v) is 13.0. The molecular weight excluding hydrogens is 580 g/mol. The van der Waals surface area contributed by atoms with Crippen LogP contribution in [0.1, 0.15) is 62.2 Å². The Balaban J connectivity index is 1.26. The van der Waals surface area contributed by atoms with E-state index in [9.17, 15) is 14.4 Å². The molecule has 0 fully saturated rings. The minimum atomic E-state index is -0.608. The molecule has 2 aliphatic rings. The monoisotopic (exact) mass is 624 g/mol. The average molecular weight is 625 g/mol. The SMILES string of the molecule is CCC(=O)Nc1ccc(C(=O)Nc2cccc(Nc3n[nH]c4c3CN(C(=O)N[C@H](CN(C)C)C3(C)C=CC=CC3)C4(C)C)c2)cc1. The summed E-state index contributed by atoms with van der Waals surface area (Å²) < 4.78 is 0. The van der Waals surface area contributed by atoms with E-state index in [4.69, 9.17) is 0 Å². The van der Waals surface area contributed by atoms with Gasteiger partial charge in [-0.25, -0.2) is 4.79 Å². The molecule has 242 valence electrons. The number of benzene rings is 2. The zero-order chi connectivity index (χ0) is 33.1. The van der Waals surface area contributed by atoms with Crippen molar-refractivity contribution in [3.8, 4) is 0 Å². The van der Waals surface area contributed by atoms with Crippen LogP contribution in [0.2, 0.25) is 0 Å². The van der Waals surface area contributed by atoms with Gasteiger partial charge in [0.2, 0.25) is 5.91 Å². The Morgan fingerprint density at radius 2 is 1.74 bits per heavy atom. The van der Waals surface area contributed by atoms with Crippen molar-refractivity contribution in [2.75, 3.05) is 36.6 Å². The van der Waals surface area contributed by atoms with Gasteiger partial charge in [0.15, 0.2) is 5.82 Å². The van der Waals surface area contributed by atoms with Crippen LogP contribution in [0.5, 0.6) is 0 Å². The maximum absolute atomic E-state index is 13.9. The minimum Gasteiger partial charge on any atom is -0.338 e. The van der Waals surface area contributed by atoms with Crippen LogP contribution < -0.4 is 21.3 Å². The number of carbonyl (C=O) groups is 3. The number of nitrogens with zero attached hydrogens (tertiary/aromatic N) is 3. The molecule has 4 amide bonds.